The second kappa shape index (κ2) is 6.13. The summed E-state index contributed by atoms with van der Waals surface area (Å²) >= 11 is 0. The molecule has 2 rings (SSSR count). The number of anilines is 1. The van der Waals surface area contributed by atoms with E-state index in [9.17, 15) is 0 Å². The molecule has 1 aliphatic heterocycles. The minimum atomic E-state index is 0.640. The molecule has 0 bridgehead atoms. The molecule has 5 nitrogen and oxygen atoms in total. The maximum absolute atomic E-state index is 5.30. The van der Waals surface area contributed by atoms with Gasteiger partial charge in [0.15, 0.2) is 0 Å². The third-order valence-corrected chi connectivity index (χ3v) is 3.63. The molecular formula is C13H23N5. The molecule has 0 aliphatic carbocycles. The maximum Gasteiger partial charge on any atom is 0.139 e. The fourth-order valence-corrected chi connectivity index (χ4v) is 2.55. The molecule has 1 fully saturated rings. The Kier molecular flexibility index (Phi) is 4.52. The van der Waals surface area contributed by atoms with Crippen molar-refractivity contribution in [1.29, 1.82) is 0 Å². The Morgan fingerprint density at radius 1 is 1.44 bits per heavy atom. The largest absolute Gasteiger partial charge is 0.308 e. The van der Waals surface area contributed by atoms with Gasteiger partial charge in [-0.05, 0) is 25.1 Å². The van der Waals surface area contributed by atoms with Gasteiger partial charge in [0.25, 0.3) is 0 Å². The molecule has 1 saturated heterocycles. The lowest BCUT2D eigenvalue weighted by molar-refractivity contribution is 0.0834. The van der Waals surface area contributed by atoms with E-state index in [4.69, 9.17) is 5.84 Å². The lowest BCUT2D eigenvalue weighted by atomic mass is 10.1. The predicted octanol–water partition coefficient (Wildman–Crippen LogP) is 0.893. The van der Waals surface area contributed by atoms with Crippen LogP contribution in [0.15, 0.2) is 18.3 Å². The summed E-state index contributed by atoms with van der Waals surface area (Å²) in [5.41, 5.74) is 3.79. The van der Waals surface area contributed by atoms with Gasteiger partial charge in [-0.25, -0.2) is 10.8 Å². The molecule has 1 aliphatic rings. The van der Waals surface area contributed by atoms with Crippen molar-refractivity contribution in [2.24, 2.45) is 5.84 Å². The zero-order valence-corrected chi connectivity index (χ0v) is 11.3. The number of hydrogen-bond donors (Lipinski definition) is 2. The van der Waals surface area contributed by atoms with Crippen molar-refractivity contribution in [3.63, 3.8) is 0 Å². The smallest absolute Gasteiger partial charge is 0.139 e. The van der Waals surface area contributed by atoms with Crippen LogP contribution >= 0.6 is 0 Å². The number of nitrogens with two attached hydrogens (primary N) is 1. The Labute approximate surface area is 109 Å². The summed E-state index contributed by atoms with van der Waals surface area (Å²) in [6.07, 6.45) is 1.89. The molecule has 0 saturated carbocycles. The number of piperazine rings is 1. The highest BCUT2D eigenvalue weighted by atomic mass is 15.3. The predicted molar refractivity (Wildman–Crippen MR) is 74.0 cm³/mol. The quantitative estimate of drug-likeness (QED) is 0.613. The fourth-order valence-electron chi connectivity index (χ4n) is 2.55. The average molecular weight is 249 g/mol. The first kappa shape index (κ1) is 13.3. The summed E-state index contributed by atoms with van der Waals surface area (Å²) in [6.45, 7) is 10.1. The second-order valence-electron chi connectivity index (χ2n) is 4.91. The highest BCUT2D eigenvalue weighted by molar-refractivity contribution is 5.33. The van der Waals surface area contributed by atoms with Gasteiger partial charge in [0, 0.05) is 38.4 Å². The highest BCUT2D eigenvalue weighted by Gasteiger charge is 2.22. The Bertz CT molecular complexity index is 364. The van der Waals surface area contributed by atoms with Crippen molar-refractivity contribution in [3.05, 3.63) is 23.9 Å². The summed E-state index contributed by atoms with van der Waals surface area (Å²) in [4.78, 5) is 9.25. The van der Waals surface area contributed by atoms with E-state index in [1.807, 2.05) is 12.3 Å². The van der Waals surface area contributed by atoms with Crippen LogP contribution in [0.1, 0.15) is 19.4 Å². The van der Waals surface area contributed by atoms with E-state index in [0.717, 1.165) is 32.7 Å². The zero-order valence-electron chi connectivity index (χ0n) is 11.3. The normalized spacial score (nSPS) is 22.1. The van der Waals surface area contributed by atoms with E-state index in [-0.39, 0.29) is 0 Å². The monoisotopic (exact) mass is 249 g/mol. The summed E-state index contributed by atoms with van der Waals surface area (Å²) in [5.74, 6) is 6.02. The first-order chi connectivity index (χ1) is 8.72. The van der Waals surface area contributed by atoms with Gasteiger partial charge >= 0.3 is 0 Å². The Morgan fingerprint density at radius 2 is 2.28 bits per heavy atom. The van der Waals surface area contributed by atoms with Crippen molar-refractivity contribution in [2.75, 3.05) is 31.6 Å². The lowest BCUT2D eigenvalue weighted by Gasteiger charge is -2.39. The highest BCUT2D eigenvalue weighted by Crippen LogP contribution is 2.13. The summed E-state index contributed by atoms with van der Waals surface area (Å²) in [7, 11) is 0. The van der Waals surface area contributed by atoms with Crippen LogP contribution in [0.3, 0.4) is 0 Å². The second-order valence-corrected chi connectivity index (χ2v) is 4.91. The molecule has 3 N–H and O–H groups in total. The number of rotatable bonds is 4. The van der Waals surface area contributed by atoms with Crippen LogP contribution in [0.25, 0.3) is 0 Å². The van der Waals surface area contributed by atoms with Gasteiger partial charge in [0.05, 0.1) is 0 Å². The average Bonchev–Trinajstić information content (AvgIpc) is 2.40. The molecule has 0 aromatic carbocycles. The molecule has 0 spiro atoms. The van der Waals surface area contributed by atoms with Crippen molar-refractivity contribution in [1.82, 2.24) is 14.8 Å². The Hall–Kier alpha value is -1.17. The molecule has 100 valence electrons. The number of pyridine rings is 1. The number of nitrogens with zero attached hydrogens (tertiary/aromatic N) is 3. The number of aromatic nitrogens is 1. The minimum absolute atomic E-state index is 0.640. The summed E-state index contributed by atoms with van der Waals surface area (Å²) < 4.78 is 0. The van der Waals surface area contributed by atoms with Gasteiger partial charge in [-0.2, -0.15) is 0 Å². The van der Waals surface area contributed by atoms with Crippen LogP contribution in [0.2, 0.25) is 0 Å². The van der Waals surface area contributed by atoms with Gasteiger partial charge in [-0.1, -0.05) is 13.0 Å². The molecule has 18 heavy (non-hydrogen) atoms. The van der Waals surface area contributed by atoms with E-state index in [1.165, 1.54) is 5.56 Å². The fraction of sp³-hybridized carbons (Fsp3) is 0.615. The van der Waals surface area contributed by atoms with Gasteiger partial charge in [-0.15, -0.1) is 0 Å². The first-order valence-electron chi connectivity index (χ1n) is 6.61. The molecule has 1 unspecified atom stereocenters. The van der Waals surface area contributed by atoms with Gasteiger partial charge < -0.3 is 5.43 Å². The molecule has 2 heterocycles. The number of nitrogen functional groups attached to an aromatic ring is 1. The topological polar surface area (TPSA) is 57.4 Å². The zero-order chi connectivity index (χ0) is 13.0. The van der Waals surface area contributed by atoms with E-state index in [0.29, 0.717) is 11.9 Å². The van der Waals surface area contributed by atoms with Crippen LogP contribution in [0, 0.1) is 0 Å². The van der Waals surface area contributed by atoms with Gasteiger partial charge in [-0.3, -0.25) is 9.80 Å². The summed E-state index contributed by atoms with van der Waals surface area (Å²) in [5, 5.41) is 0. The number of nitrogens with one attached hydrogen (secondary N) is 1. The first-order valence-corrected chi connectivity index (χ1v) is 6.61. The third-order valence-electron chi connectivity index (χ3n) is 3.63. The van der Waals surface area contributed by atoms with E-state index >= 15 is 0 Å². The molecular weight excluding hydrogens is 226 g/mol. The van der Waals surface area contributed by atoms with E-state index < -0.39 is 0 Å². The maximum atomic E-state index is 5.30. The van der Waals surface area contributed by atoms with E-state index in [1.54, 1.807) is 0 Å². The van der Waals surface area contributed by atoms with Crippen LogP contribution in [0.5, 0.6) is 0 Å². The molecule has 5 heteroatoms. The minimum Gasteiger partial charge on any atom is -0.308 e. The SMILES string of the molecule is CCN1CCN(Cc2ccc(NN)nc2)CC1C. The molecule has 0 amide bonds. The summed E-state index contributed by atoms with van der Waals surface area (Å²) in [6, 6.07) is 4.64. The van der Waals surface area contributed by atoms with Crippen molar-refractivity contribution in [3.8, 4) is 0 Å². The molecule has 1 aromatic heterocycles. The van der Waals surface area contributed by atoms with Crippen molar-refractivity contribution < 1.29 is 0 Å². The Morgan fingerprint density at radius 3 is 2.83 bits per heavy atom. The van der Waals surface area contributed by atoms with Crippen LogP contribution in [-0.4, -0.2) is 47.0 Å². The van der Waals surface area contributed by atoms with Crippen molar-refractivity contribution >= 4 is 5.82 Å². The van der Waals surface area contributed by atoms with Crippen molar-refractivity contribution in [2.45, 2.75) is 26.4 Å². The molecule has 0 radical (unpaired) electrons. The molecule has 1 atom stereocenters. The van der Waals surface area contributed by atoms with Crippen LogP contribution < -0.4 is 11.3 Å². The number of likely N-dealkylation sites (N-methyl/N-ethyl adjacent to an activating group) is 1. The standard InChI is InChI=1S/C13H23N5/c1-3-18-7-6-17(9-11(18)2)10-12-4-5-13(16-14)15-8-12/h4-5,8,11H,3,6-7,9-10,14H2,1-2H3,(H,15,16). The molecule has 1 aromatic rings. The lowest BCUT2D eigenvalue weighted by Crippen LogP contribution is -2.51. The van der Waals surface area contributed by atoms with Crippen LogP contribution in [-0.2, 0) is 6.54 Å². The van der Waals surface area contributed by atoms with E-state index in [2.05, 4.69) is 40.1 Å². The number of hydrazine groups is 1. The Balaban J connectivity index is 1.89. The van der Waals surface area contributed by atoms with Crippen LogP contribution in [0.4, 0.5) is 5.82 Å². The third kappa shape index (κ3) is 3.19. The van der Waals surface area contributed by atoms with Gasteiger partial charge in [0.1, 0.15) is 5.82 Å². The van der Waals surface area contributed by atoms with Gasteiger partial charge in [0.2, 0.25) is 0 Å². The number of hydrogen-bond acceptors (Lipinski definition) is 5.